The zero-order chi connectivity index (χ0) is 20.4. The number of carboxylic acids is 1. The topological polar surface area (TPSA) is 228 Å². The van der Waals surface area contributed by atoms with Gasteiger partial charge in [0.15, 0.2) is 0 Å². The molecule has 4 unspecified atom stereocenters. The van der Waals surface area contributed by atoms with Gasteiger partial charge >= 0.3 is 5.97 Å². The van der Waals surface area contributed by atoms with Crippen molar-refractivity contribution >= 4 is 29.6 Å². The van der Waals surface area contributed by atoms with Gasteiger partial charge < -0.3 is 38.0 Å². The minimum Gasteiger partial charge on any atom is -0.480 e. The molecule has 0 saturated carbocycles. The van der Waals surface area contributed by atoms with Gasteiger partial charge in [0.1, 0.15) is 12.1 Å². The van der Waals surface area contributed by atoms with Gasteiger partial charge in [0.25, 0.3) is 0 Å². The summed E-state index contributed by atoms with van der Waals surface area (Å²) in [6, 6.07) is -4.07. The van der Waals surface area contributed by atoms with Crippen LogP contribution in [0, 0.1) is 0 Å². The molecular weight excluding hydrogens is 350 g/mol. The predicted molar refractivity (Wildman–Crippen MR) is 88.0 cm³/mol. The normalized spacial score (nSPS) is 15.2. The molecular formula is C14H25N5O7. The average Bonchev–Trinajstić information content (AvgIpc) is 2.52. The Kier molecular flexibility index (Phi) is 9.84. The fourth-order valence-electron chi connectivity index (χ4n) is 1.90. The monoisotopic (exact) mass is 375 g/mol. The van der Waals surface area contributed by atoms with Crippen LogP contribution >= 0.6 is 0 Å². The van der Waals surface area contributed by atoms with E-state index in [1.807, 2.05) is 0 Å². The predicted octanol–water partition coefficient (Wildman–Crippen LogP) is -3.72. The highest BCUT2D eigenvalue weighted by molar-refractivity contribution is 5.92. The molecule has 0 fully saturated rings. The third kappa shape index (κ3) is 8.94. The minimum atomic E-state index is -1.49. The number of aliphatic hydroxyl groups excluding tert-OH is 1. The molecule has 0 aliphatic carbocycles. The summed E-state index contributed by atoms with van der Waals surface area (Å²) < 4.78 is 0. The number of nitrogens with two attached hydrogens (primary N) is 3. The van der Waals surface area contributed by atoms with Crippen molar-refractivity contribution in [3.05, 3.63) is 0 Å². The van der Waals surface area contributed by atoms with Crippen LogP contribution in [0.15, 0.2) is 0 Å². The van der Waals surface area contributed by atoms with Gasteiger partial charge in [-0.15, -0.1) is 0 Å². The molecule has 26 heavy (non-hydrogen) atoms. The Labute approximate surface area is 149 Å². The lowest BCUT2D eigenvalue weighted by Gasteiger charge is -2.24. The summed E-state index contributed by atoms with van der Waals surface area (Å²) in [5, 5.41) is 23.1. The molecule has 0 aromatic carbocycles. The highest BCUT2D eigenvalue weighted by Crippen LogP contribution is 2.02. The van der Waals surface area contributed by atoms with Crippen molar-refractivity contribution < 1.29 is 34.2 Å². The van der Waals surface area contributed by atoms with E-state index in [4.69, 9.17) is 22.3 Å². The molecule has 0 saturated heterocycles. The van der Waals surface area contributed by atoms with Crippen LogP contribution < -0.4 is 27.8 Å². The van der Waals surface area contributed by atoms with Gasteiger partial charge in [-0.2, -0.15) is 0 Å². The van der Waals surface area contributed by atoms with Crippen LogP contribution in [0.5, 0.6) is 0 Å². The first-order chi connectivity index (χ1) is 12.0. The zero-order valence-electron chi connectivity index (χ0n) is 14.3. The van der Waals surface area contributed by atoms with Gasteiger partial charge in [0.05, 0.1) is 12.1 Å². The maximum atomic E-state index is 12.2. The zero-order valence-corrected chi connectivity index (χ0v) is 14.3. The quantitative estimate of drug-likeness (QED) is 0.179. The molecule has 4 atom stereocenters. The van der Waals surface area contributed by atoms with Crippen LogP contribution in [0.25, 0.3) is 0 Å². The van der Waals surface area contributed by atoms with E-state index in [1.165, 1.54) is 6.92 Å². The lowest BCUT2D eigenvalue weighted by Crippen LogP contribution is -2.58. The van der Waals surface area contributed by atoms with Gasteiger partial charge in [0, 0.05) is 12.8 Å². The van der Waals surface area contributed by atoms with Crippen molar-refractivity contribution in [1.82, 2.24) is 10.6 Å². The molecule has 0 heterocycles. The molecule has 148 valence electrons. The number of rotatable bonds is 12. The summed E-state index contributed by atoms with van der Waals surface area (Å²) in [6.07, 6.45) is -2.11. The SMILES string of the molecule is CC(O)C(NC(=O)C(N)CCC(N)=O)C(=O)NC(CCC(N)=O)C(=O)O. The van der Waals surface area contributed by atoms with Gasteiger partial charge in [-0.1, -0.05) is 0 Å². The molecule has 0 rings (SSSR count). The first kappa shape index (κ1) is 23.3. The molecule has 0 aromatic heterocycles. The van der Waals surface area contributed by atoms with Crippen LogP contribution in [-0.4, -0.2) is 64.0 Å². The van der Waals surface area contributed by atoms with Gasteiger partial charge in [0.2, 0.25) is 23.6 Å². The van der Waals surface area contributed by atoms with Crippen LogP contribution in [-0.2, 0) is 24.0 Å². The van der Waals surface area contributed by atoms with E-state index < -0.39 is 53.8 Å². The number of hydrogen-bond donors (Lipinski definition) is 7. The number of carbonyl (C=O) groups excluding carboxylic acids is 4. The lowest BCUT2D eigenvalue weighted by molar-refractivity contribution is -0.143. The van der Waals surface area contributed by atoms with Crippen LogP contribution in [0.4, 0.5) is 0 Å². The van der Waals surface area contributed by atoms with Crippen molar-refractivity contribution in [2.45, 2.75) is 56.8 Å². The second-order valence-electron chi connectivity index (χ2n) is 5.74. The maximum absolute atomic E-state index is 12.2. The van der Waals surface area contributed by atoms with Crippen molar-refractivity contribution in [2.24, 2.45) is 17.2 Å². The number of amides is 4. The number of aliphatic carboxylic acids is 1. The second kappa shape index (κ2) is 11.0. The molecule has 0 bridgehead atoms. The Hall–Kier alpha value is -2.73. The first-order valence-electron chi connectivity index (χ1n) is 7.79. The number of carbonyl (C=O) groups is 5. The Morgan fingerprint density at radius 2 is 1.42 bits per heavy atom. The smallest absolute Gasteiger partial charge is 0.326 e. The first-order valence-corrected chi connectivity index (χ1v) is 7.79. The Morgan fingerprint density at radius 1 is 0.923 bits per heavy atom. The molecule has 0 radical (unpaired) electrons. The van der Waals surface area contributed by atoms with E-state index >= 15 is 0 Å². The summed E-state index contributed by atoms with van der Waals surface area (Å²) in [7, 11) is 0. The molecule has 4 amide bonds. The number of primary amides is 2. The van der Waals surface area contributed by atoms with Gasteiger partial charge in [-0.25, -0.2) is 4.79 Å². The molecule has 0 aliphatic rings. The second-order valence-corrected chi connectivity index (χ2v) is 5.74. The maximum Gasteiger partial charge on any atom is 0.326 e. The van der Waals surface area contributed by atoms with E-state index in [-0.39, 0.29) is 25.7 Å². The number of nitrogens with one attached hydrogen (secondary N) is 2. The van der Waals surface area contributed by atoms with Gasteiger partial charge in [-0.05, 0) is 19.8 Å². The summed E-state index contributed by atoms with van der Waals surface area (Å²) in [4.78, 5) is 56.7. The molecule has 0 spiro atoms. The Balaban J connectivity index is 4.92. The van der Waals surface area contributed by atoms with Gasteiger partial charge in [-0.3, -0.25) is 19.2 Å². The van der Waals surface area contributed by atoms with E-state index in [1.54, 1.807) is 0 Å². The van der Waals surface area contributed by atoms with Crippen LogP contribution in [0.3, 0.4) is 0 Å². The molecule has 0 aliphatic heterocycles. The summed E-state index contributed by atoms with van der Waals surface area (Å²) >= 11 is 0. The fourth-order valence-corrected chi connectivity index (χ4v) is 1.90. The highest BCUT2D eigenvalue weighted by atomic mass is 16.4. The largest absolute Gasteiger partial charge is 0.480 e. The van der Waals surface area contributed by atoms with Crippen molar-refractivity contribution in [3.63, 3.8) is 0 Å². The third-order valence-corrected chi connectivity index (χ3v) is 3.40. The average molecular weight is 375 g/mol. The van der Waals surface area contributed by atoms with Crippen LogP contribution in [0.2, 0.25) is 0 Å². The van der Waals surface area contributed by atoms with E-state index in [9.17, 15) is 29.1 Å². The standard InChI is InChI=1S/C14H25N5O7/c1-6(20)11(19-12(23)7(15)2-4-9(16)21)13(24)18-8(14(25)26)3-5-10(17)22/h6-8,11,20H,2-5,15H2,1H3,(H2,16,21)(H2,17,22)(H,18,24)(H,19,23)(H,25,26). The van der Waals surface area contributed by atoms with Crippen molar-refractivity contribution in [2.75, 3.05) is 0 Å². The van der Waals surface area contributed by atoms with Crippen molar-refractivity contribution in [1.29, 1.82) is 0 Å². The highest BCUT2D eigenvalue weighted by Gasteiger charge is 2.31. The summed E-state index contributed by atoms with van der Waals surface area (Å²) in [5.41, 5.74) is 15.5. The molecule has 10 N–H and O–H groups in total. The molecule has 12 heteroatoms. The third-order valence-electron chi connectivity index (χ3n) is 3.40. The lowest BCUT2D eigenvalue weighted by atomic mass is 10.1. The minimum absolute atomic E-state index is 0.0638. The molecule has 12 nitrogen and oxygen atoms in total. The fraction of sp³-hybridized carbons (Fsp3) is 0.643. The summed E-state index contributed by atoms with van der Waals surface area (Å²) in [6.45, 7) is 1.21. The Bertz CT molecular complexity index is 552. The number of carboxylic acid groups (broad SMARTS) is 1. The van der Waals surface area contributed by atoms with Crippen molar-refractivity contribution in [3.8, 4) is 0 Å². The molecule has 0 aromatic rings. The van der Waals surface area contributed by atoms with E-state index in [0.29, 0.717) is 0 Å². The van der Waals surface area contributed by atoms with Crippen LogP contribution in [0.1, 0.15) is 32.6 Å². The van der Waals surface area contributed by atoms with E-state index in [0.717, 1.165) is 0 Å². The summed E-state index contributed by atoms with van der Waals surface area (Å²) in [5.74, 6) is -4.61. The Morgan fingerprint density at radius 3 is 1.85 bits per heavy atom. The van der Waals surface area contributed by atoms with E-state index in [2.05, 4.69) is 10.6 Å². The number of hydrogen-bond acceptors (Lipinski definition) is 7. The number of aliphatic hydroxyl groups is 1.